The quantitative estimate of drug-likeness (QED) is 0.483. The predicted molar refractivity (Wildman–Crippen MR) is 123 cm³/mol. The number of aromatic nitrogens is 2. The van der Waals surface area contributed by atoms with Gasteiger partial charge in [0.25, 0.3) is 5.91 Å². The number of amides is 1. The Kier molecular flexibility index (Phi) is 6.98. The lowest BCUT2D eigenvalue weighted by atomic mass is 9.78. The highest BCUT2D eigenvalue weighted by Gasteiger charge is 2.41. The summed E-state index contributed by atoms with van der Waals surface area (Å²) in [6.45, 7) is 7.09. The van der Waals surface area contributed by atoms with Crippen molar-refractivity contribution >= 4 is 23.5 Å². The second kappa shape index (κ2) is 9.52. The van der Waals surface area contributed by atoms with Crippen LogP contribution in [0.5, 0.6) is 0 Å². The zero-order chi connectivity index (χ0) is 23.4. The van der Waals surface area contributed by atoms with E-state index in [9.17, 15) is 14.7 Å². The van der Waals surface area contributed by atoms with Gasteiger partial charge in [-0.1, -0.05) is 26.8 Å². The van der Waals surface area contributed by atoms with Crippen LogP contribution in [0.4, 0.5) is 11.6 Å². The van der Waals surface area contributed by atoms with Crippen LogP contribution in [0.2, 0.25) is 0 Å². The van der Waals surface area contributed by atoms with Gasteiger partial charge in [0, 0.05) is 42.8 Å². The van der Waals surface area contributed by atoms with Gasteiger partial charge < -0.3 is 26.4 Å². The van der Waals surface area contributed by atoms with E-state index in [4.69, 9.17) is 5.73 Å². The van der Waals surface area contributed by atoms with Gasteiger partial charge in [-0.05, 0) is 42.5 Å². The molecule has 1 aliphatic rings. The number of nitrogens with zero attached hydrogens (tertiary/aromatic N) is 3. The lowest BCUT2D eigenvalue weighted by Gasteiger charge is -2.41. The number of piperidine rings is 1. The van der Waals surface area contributed by atoms with E-state index in [1.807, 2.05) is 39.0 Å². The second-order valence-electron chi connectivity index (χ2n) is 9.27. The first-order valence-corrected chi connectivity index (χ1v) is 10.8. The number of carbonyl (C=O) groups is 2. The zero-order valence-corrected chi connectivity index (χ0v) is 18.8. The Morgan fingerprint density at radius 2 is 1.81 bits per heavy atom. The summed E-state index contributed by atoms with van der Waals surface area (Å²) in [4.78, 5) is 35.0. The lowest BCUT2D eigenvalue weighted by molar-refractivity contribution is -0.139. The van der Waals surface area contributed by atoms with E-state index in [-0.39, 0.29) is 12.3 Å². The topological polar surface area (TPSA) is 133 Å². The Bertz CT molecular complexity index is 938. The Hall–Kier alpha value is -3.20. The number of aliphatic carboxylic acids is 1. The Labute approximate surface area is 188 Å². The van der Waals surface area contributed by atoms with Gasteiger partial charge in [0.15, 0.2) is 0 Å². The van der Waals surface area contributed by atoms with E-state index in [1.165, 1.54) is 0 Å². The SMILES string of the molecule is CC(C)(C)C(N)(CC(=O)O)NC(=O)c1cccc(N2CCC(Nc3ncccn3)CC2)c1. The highest BCUT2D eigenvalue weighted by molar-refractivity contribution is 5.96. The first-order valence-electron chi connectivity index (χ1n) is 10.8. The molecule has 1 aromatic carbocycles. The summed E-state index contributed by atoms with van der Waals surface area (Å²) < 4.78 is 0. The molecule has 5 N–H and O–H groups in total. The Balaban J connectivity index is 1.65. The summed E-state index contributed by atoms with van der Waals surface area (Å²) in [6.07, 6.45) is 4.90. The van der Waals surface area contributed by atoms with Crippen LogP contribution in [0.3, 0.4) is 0 Å². The molecule has 2 aromatic rings. The van der Waals surface area contributed by atoms with Crippen molar-refractivity contribution in [2.24, 2.45) is 11.1 Å². The number of nitrogens with one attached hydrogen (secondary N) is 2. The molecule has 1 aromatic heterocycles. The van der Waals surface area contributed by atoms with Gasteiger partial charge in [0.05, 0.1) is 6.42 Å². The minimum Gasteiger partial charge on any atom is -0.481 e. The largest absolute Gasteiger partial charge is 0.481 e. The molecule has 0 saturated carbocycles. The molecule has 9 nitrogen and oxygen atoms in total. The van der Waals surface area contributed by atoms with E-state index in [2.05, 4.69) is 25.5 Å². The molecule has 1 amide bonds. The van der Waals surface area contributed by atoms with Gasteiger partial charge in [0.1, 0.15) is 5.66 Å². The first-order chi connectivity index (χ1) is 15.1. The molecule has 1 fully saturated rings. The average Bonchev–Trinajstić information content (AvgIpc) is 2.74. The van der Waals surface area contributed by atoms with Crippen molar-refractivity contribution in [1.82, 2.24) is 15.3 Å². The highest BCUT2D eigenvalue weighted by atomic mass is 16.4. The third kappa shape index (κ3) is 5.73. The number of carbonyl (C=O) groups excluding carboxylic acids is 1. The van der Waals surface area contributed by atoms with Crippen LogP contribution >= 0.6 is 0 Å². The Morgan fingerprint density at radius 3 is 2.41 bits per heavy atom. The third-order valence-corrected chi connectivity index (χ3v) is 5.97. The maximum Gasteiger partial charge on any atom is 0.307 e. The molecule has 0 bridgehead atoms. The molecule has 1 unspecified atom stereocenters. The van der Waals surface area contributed by atoms with Crippen molar-refractivity contribution in [3.05, 3.63) is 48.3 Å². The van der Waals surface area contributed by atoms with E-state index in [1.54, 1.807) is 24.5 Å². The minimum absolute atomic E-state index is 0.292. The van der Waals surface area contributed by atoms with Crippen LogP contribution in [-0.4, -0.2) is 51.7 Å². The summed E-state index contributed by atoms with van der Waals surface area (Å²) in [5.41, 5.74) is 5.71. The molecule has 1 saturated heterocycles. The monoisotopic (exact) mass is 440 g/mol. The van der Waals surface area contributed by atoms with Crippen LogP contribution in [-0.2, 0) is 4.79 Å². The number of carboxylic acid groups (broad SMARTS) is 1. The average molecular weight is 441 g/mol. The molecule has 32 heavy (non-hydrogen) atoms. The Morgan fingerprint density at radius 1 is 1.16 bits per heavy atom. The molecule has 3 rings (SSSR count). The standard InChI is InChI=1S/C23H32N6O3/c1-22(2,3)23(24,15-19(30)31)28-20(32)16-6-4-7-18(14-16)29-12-8-17(9-13-29)27-21-25-10-5-11-26-21/h4-7,10-11,14,17H,8-9,12-13,15,24H2,1-3H3,(H,28,32)(H,30,31)(H,25,26,27). The van der Waals surface area contributed by atoms with Crippen molar-refractivity contribution in [1.29, 1.82) is 0 Å². The van der Waals surface area contributed by atoms with Crippen molar-refractivity contribution < 1.29 is 14.7 Å². The van der Waals surface area contributed by atoms with E-state index < -0.39 is 17.0 Å². The number of hydrogen-bond acceptors (Lipinski definition) is 7. The van der Waals surface area contributed by atoms with Crippen LogP contribution in [0, 0.1) is 5.41 Å². The second-order valence-corrected chi connectivity index (χ2v) is 9.27. The maximum absolute atomic E-state index is 13.0. The number of hydrogen-bond donors (Lipinski definition) is 4. The van der Waals surface area contributed by atoms with Gasteiger partial charge in [-0.15, -0.1) is 0 Å². The van der Waals surface area contributed by atoms with E-state index >= 15 is 0 Å². The van der Waals surface area contributed by atoms with E-state index in [0.717, 1.165) is 31.6 Å². The van der Waals surface area contributed by atoms with Crippen LogP contribution < -0.4 is 21.3 Å². The van der Waals surface area contributed by atoms with Crippen molar-refractivity contribution in [3.63, 3.8) is 0 Å². The summed E-state index contributed by atoms with van der Waals surface area (Å²) in [5.74, 6) is -0.813. The maximum atomic E-state index is 13.0. The van der Waals surface area contributed by atoms with Gasteiger partial charge >= 0.3 is 5.97 Å². The number of benzene rings is 1. The number of rotatable bonds is 7. The van der Waals surface area contributed by atoms with Crippen molar-refractivity contribution in [2.75, 3.05) is 23.3 Å². The molecule has 2 heterocycles. The smallest absolute Gasteiger partial charge is 0.307 e. The fraction of sp³-hybridized carbons (Fsp3) is 0.478. The fourth-order valence-electron chi connectivity index (χ4n) is 3.69. The molecule has 0 aliphatic carbocycles. The molecule has 1 aliphatic heterocycles. The zero-order valence-electron chi connectivity index (χ0n) is 18.8. The predicted octanol–water partition coefficient (Wildman–Crippen LogP) is 2.46. The third-order valence-electron chi connectivity index (χ3n) is 5.97. The summed E-state index contributed by atoms with van der Waals surface area (Å²) in [7, 11) is 0. The minimum atomic E-state index is -1.38. The highest BCUT2D eigenvalue weighted by Crippen LogP contribution is 2.29. The van der Waals surface area contributed by atoms with E-state index in [0.29, 0.717) is 17.6 Å². The van der Waals surface area contributed by atoms with Crippen molar-refractivity contribution in [3.8, 4) is 0 Å². The van der Waals surface area contributed by atoms with Crippen LogP contribution in [0.25, 0.3) is 0 Å². The molecule has 0 radical (unpaired) electrons. The summed E-state index contributed by atoms with van der Waals surface area (Å²) in [6, 6.07) is 9.42. The van der Waals surface area contributed by atoms with Gasteiger partial charge in [0.2, 0.25) is 5.95 Å². The normalized spacial score (nSPS) is 16.8. The van der Waals surface area contributed by atoms with Crippen LogP contribution in [0.1, 0.15) is 50.4 Å². The van der Waals surface area contributed by atoms with Gasteiger partial charge in [-0.25, -0.2) is 9.97 Å². The fourth-order valence-corrected chi connectivity index (χ4v) is 3.69. The number of anilines is 2. The van der Waals surface area contributed by atoms with Gasteiger partial charge in [-0.2, -0.15) is 0 Å². The molecular formula is C23H32N6O3. The number of carboxylic acids is 1. The summed E-state index contributed by atoms with van der Waals surface area (Å²) >= 11 is 0. The molecule has 1 atom stereocenters. The lowest BCUT2D eigenvalue weighted by Crippen LogP contribution is -2.64. The molecule has 9 heteroatoms. The first kappa shape index (κ1) is 23.5. The van der Waals surface area contributed by atoms with Crippen LogP contribution in [0.15, 0.2) is 42.7 Å². The molecular weight excluding hydrogens is 408 g/mol. The molecule has 0 spiro atoms. The van der Waals surface area contributed by atoms with Gasteiger partial charge in [-0.3, -0.25) is 9.59 Å². The molecule has 172 valence electrons. The number of nitrogens with two attached hydrogens (primary N) is 1. The summed E-state index contributed by atoms with van der Waals surface area (Å²) in [5, 5.41) is 15.4. The van der Waals surface area contributed by atoms with Crippen molar-refractivity contribution in [2.45, 2.75) is 51.7 Å².